The summed E-state index contributed by atoms with van der Waals surface area (Å²) < 4.78 is 0. The summed E-state index contributed by atoms with van der Waals surface area (Å²) in [5, 5.41) is 15.0. The van der Waals surface area contributed by atoms with E-state index in [0.717, 1.165) is 108 Å². The van der Waals surface area contributed by atoms with Gasteiger partial charge in [-0.05, 0) is 184 Å². The Bertz CT molecular complexity index is 2920. The molecule has 0 saturated carbocycles. The van der Waals surface area contributed by atoms with Crippen molar-refractivity contribution in [1.29, 1.82) is 0 Å². The van der Waals surface area contributed by atoms with Crippen LogP contribution >= 0.6 is 0 Å². The quantitative estimate of drug-likeness (QED) is 0.136. The highest BCUT2D eigenvalue weighted by Gasteiger charge is 1.90. The smallest absolute Gasteiger partial charge is 0.125 e. The van der Waals surface area contributed by atoms with Gasteiger partial charge in [-0.15, -0.1) is 0 Å². The van der Waals surface area contributed by atoms with E-state index in [-0.39, 0.29) is 0 Å². The van der Waals surface area contributed by atoms with Gasteiger partial charge in [0.05, 0.1) is 56.9 Å². The molecule has 11 heterocycles. The molecule has 22 nitrogen and oxygen atoms in total. The first-order chi connectivity index (χ1) is 40.5. The van der Waals surface area contributed by atoms with Crippen LogP contribution in [0.2, 0.25) is 0 Å². The number of nitrogens with zero attached hydrogens (tertiary/aromatic N) is 22. The second-order valence-electron chi connectivity index (χ2n) is 18.5. The lowest BCUT2D eigenvalue weighted by Gasteiger charge is -1.91. The Morgan fingerprint density at radius 2 is 0.682 bits per heavy atom. The predicted octanol–water partition coefficient (Wildman–Crippen LogP) is 11.1. The molecule has 11 aromatic rings. The molecule has 85 heavy (non-hydrogen) atoms. The number of hydrogen-bond donors (Lipinski definition) is 0. The Hall–Kier alpha value is -10.1. The molecule has 0 spiro atoms. The van der Waals surface area contributed by atoms with Gasteiger partial charge in [-0.3, -0.25) is 39.9 Å². The molecule has 0 aromatic carbocycles. The van der Waals surface area contributed by atoms with Crippen LogP contribution in [0.25, 0.3) is 0 Å². The van der Waals surface area contributed by atoms with E-state index >= 15 is 0 Å². The number of hydrogen-bond acceptors (Lipinski definition) is 22. The molecule has 11 aromatic heterocycles. The van der Waals surface area contributed by atoms with Gasteiger partial charge in [0, 0.05) is 122 Å². The largest absolute Gasteiger partial charge is 0.261 e. The van der Waals surface area contributed by atoms with Crippen molar-refractivity contribution in [2.45, 2.75) is 132 Å². The van der Waals surface area contributed by atoms with Crippen LogP contribution in [0.1, 0.15) is 108 Å². The summed E-state index contributed by atoms with van der Waals surface area (Å²) in [4.78, 5) is 70.8. The zero-order valence-electron chi connectivity index (χ0n) is 52.8. The predicted molar refractivity (Wildman–Crippen MR) is 332 cm³/mol. The van der Waals surface area contributed by atoms with E-state index in [1.165, 1.54) is 6.33 Å². The molecule has 0 unspecified atom stereocenters. The van der Waals surface area contributed by atoms with Gasteiger partial charge in [0.1, 0.15) is 31.1 Å². The van der Waals surface area contributed by atoms with Crippen LogP contribution in [-0.4, -0.2) is 110 Å². The SMILES string of the molecule is Cc1cc(C)ncn1.Cc1ccc(C)nn1.Cc1cccnn1.Cc1cnc(C)cn1.Cc1cnc(C)nc1.Cc1cncc(C)n1.Cc1cnccn1.Cc1cncnc1.Cc1cncnc1C.Cc1cncnc1C.Cc1nccnc1C. The molecule has 11 rings (SSSR count). The summed E-state index contributed by atoms with van der Waals surface area (Å²) >= 11 is 0. The summed E-state index contributed by atoms with van der Waals surface area (Å²) in [6.07, 6.45) is 34.1. The lowest BCUT2D eigenvalue weighted by Crippen LogP contribution is -1.87. The van der Waals surface area contributed by atoms with Crippen molar-refractivity contribution in [2.75, 3.05) is 0 Å². The molecular weight excluding hydrogens is 1060 g/mol. The first-order valence-electron chi connectivity index (χ1n) is 26.7. The van der Waals surface area contributed by atoms with Crippen molar-refractivity contribution in [1.82, 2.24) is 110 Å². The second-order valence-corrected chi connectivity index (χ2v) is 18.5. The van der Waals surface area contributed by atoms with Gasteiger partial charge in [0.25, 0.3) is 0 Å². The third kappa shape index (κ3) is 40.7. The number of aromatic nitrogens is 22. The van der Waals surface area contributed by atoms with Gasteiger partial charge < -0.3 is 0 Å². The highest BCUT2D eigenvalue weighted by molar-refractivity contribution is 5.12. The second kappa shape index (κ2) is 44.5. The van der Waals surface area contributed by atoms with Gasteiger partial charge in [0.15, 0.2) is 0 Å². The normalized spacial score (nSPS) is 9.12. The maximum Gasteiger partial charge on any atom is 0.125 e. The first-order valence-corrected chi connectivity index (χ1v) is 26.7. The molecular formula is C63H82N22. The van der Waals surface area contributed by atoms with Crippen LogP contribution in [0.4, 0.5) is 0 Å². The maximum atomic E-state index is 4.11. The minimum absolute atomic E-state index is 0.829. The molecule has 0 aliphatic carbocycles. The van der Waals surface area contributed by atoms with Crippen molar-refractivity contribution in [3.8, 4) is 0 Å². The molecule has 0 atom stereocenters. The highest BCUT2D eigenvalue weighted by atomic mass is 15.1. The zero-order chi connectivity index (χ0) is 63.2. The fraction of sp³-hybridized carbons (Fsp3) is 0.302. The summed E-state index contributed by atoms with van der Waals surface area (Å²) in [7, 11) is 0. The van der Waals surface area contributed by atoms with Crippen molar-refractivity contribution in [3.05, 3.63) is 263 Å². The van der Waals surface area contributed by atoms with Crippen molar-refractivity contribution < 1.29 is 0 Å². The molecule has 0 radical (unpaired) electrons. The van der Waals surface area contributed by atoms with E-state index in [1.807, 2.05) is 187 Å². The fourth-order valence-electron chi connectivity index (χ4n) is 5.08. The van der Waals surface area contributed by atoms with Crippen molar-refractivity contribution in [3.63, 3.8) is 0 Å². The van der Waals surface area contributed by atoms with Gasteiger partial charge in [-0.25, -0.2) is 49.8 Å². The topological polar surface area (TPSA) is 284 Å². The molecule has 0 N–H and O–H groups in total. The number of rotatable bonds is 0. The summed E-state index contributed by atoms with van der Waals surface area (Å²) in [6.45, 7) is 36.9. The fourth-order valence-corrected chi connectivity index (χ4v) is 5.08. The Balaban J connectivity index is 0.000000468. The average Bonchev–Trinajstić information content (AvgIpc) is 3.49. The Labute approximate surface area is 502 Å². The first kappa shape index (κ1) is 72.9. The van der Waals surface area contributed by atoms with Crippen LogP contribution < -0.4 is 0 Å². The van der Waals surface area contributed by atoms with Gasteiger partial charge in [0.2, 0.25) is 0 Å². The molecule has 0 amide bonds. The van der Waals surface area contributed by atoms with Crippen LogP contribution in [0.5, 0.6) is 0 Å². The molecule has 0 bridgehead atoms. The summed E-state index contributed by atoms with van der Waals surface area (Å²) in [5.41, 5.74) is 18.4. The van der Waals surface area contributed by atoms with E-state index in [4.69, 9.17) is 0 Å². The molecule has 22 heteroatoms. The van der Waals surface area contributed by atoms with Crippen molar-refractivity contribution >= 4 is 0 Å². The standard InChI is InChI=1S/8C6H8N2.3C5H6N2/c2*1-5-3-7-4-8-6(5)2;1-5-3-8-6(2)4-7-5;1-5-3-7-4-6(2)8-5;1-5-3-6(2)8-4-7-5;1-5-3-7-6(2)8-4-5;1-5-6(2)8-4-3-7-5;1-5-3-4-6(2)8-7-5;1-5-2-6-4-7-3-5;1-5-4-6-2-3-7-5;1-5-3-2-4-6-7-5/h8*3-4H,1-2H3;3*2-4H,1H3. The minimum Gasteiger partial charge on any atom is -0.261 e. The monoisotopic (exact) mass is 1150 g/mol. The maximum absolute atomic E-state index is 4.11. The zero-order valence-corrected chi connectivity index (χ0v) is 52.8. The lowest BCUT2D eigenvalue weighted by molar-refractivity contribution is 0.941. The van der Waals surface area contributed by atoms with E-state index in [2.05, 4.69) is 110 Å². The Morgan fingerprint density at radius 3 is 0.941 bits per heavy atom. The van der Waals surface area contributed by atoms with Crippen LogP contribution in [0, 0.1) is 132 Å². The molecule has 444 valence electrons. The van der Waals surface area contributed by atoms with E-state index in [1.54, 1.807) is 93.3 Å². The average molecular weight is 1150 g/mol. The highest BCUT2D eigenvalue weighted by Crippen LogP contribution is 1.98. The Morgan fingerprint density at radius 1 is 0.247 bits per heavy atom. The summed E-state index contributed by atoms with van der Waals surface area (Å²) in [5.74, 6) is 0.829. The van der Waals surface area contributed by atoms with E-state index in [0.29, 0.717) is 0 Å². The molecule has 0 aliphatic rings. The van der Waals surface area contributed by atoms with E-state index in [9.17, 15) is 0 Å². The van der Waals surface area contributed by atoms with Crippen molar-refractivity contribution in [2.24, 2.45) is 0 Å². The molecule has 0 saturated heterocycles. The molecule has 0 aliphatic heterocycles. The lowest BCUT2D eigenvalue weighted by atomic mass is 10.3. The summed E-state index contributed by atoms with van der Waals surface area (Å²) in [6, 6.07) is 9.61. The minimum atomic E-state index is 0.829. The third-order valence-electron chi connectivity index (χ3n) is 10.1. The number of aryl methyl sites for hydroxylation is 19. The van der Waals surface area contributed by atoms with Crippen LogP contribution in [0.3, 0.4) is 0 Å². The van der Waals surface area contributed by atoms with Gasteiger partial charge in [-0.1, -0.05) is 0 Å². The van der Waals surface area contributed by atoms with Gasteiger partial charge in [-0.2, -0.15) is 20.4 Å². The molecule has 0 fully saturated rings. The van der Waals surface area contributed by atoms with E-state index < -0.39 is 0 Å². The third-order valence-corrected chi connectivity index (χ3v) is 10.1. The van der Waals surface area contributed by atoms with Gasteiger partial charge >= 0.3 is 0 Å². The van der Waals surface area contributed by atoms with Crippen LogP contribution in [0.15, 0.2) is 155 Å². The van der Waals surface area contributed by atoms with Crippen LogP contribution in [-0.2, 0) is 0 Å². The Kier molecular flexibility index (Phi) is 38.2.